The Balaban J connectivity index is 0.00000261. The Bertz CT molecular complexity index is 615. The molecule has 2 atom stereocenters. The number of hydrogen-bond donors (Lipinski definition) is 2. The highest BCUT2D eigenvalue weighted by atomic mass is 127. The van der Waals surface area contributed by atoms with Gasteiger partial charge in [-0.2, -0.15) is 0 Å². The van der Waals surface area contributed by atoms with E-state index in [0.29, 0.717) is 24.1 Å². The van der Waals surface area contributed by atoms with Crippen molar-refractivity contribution in [3.63, 3.8) is 0 Å². The molecule has 154 valence electrons. The topological polar surface area (TPSA) is 61.8 Å². The largest absolute Gasteiger partial charge is 0.378 e. The SMILES string of the molecule is CCNC(=NCc1csc(N(C)C)n1)NC1CC(OCC)C12CCCC2.I. The summed E-state index contributed by atoms with van der Waals surface area (Å²) < 4.78 is 6.03. The lowest BCUT2D eigenvalue weighted by Gasteiger charge is -2.54. The molecule has 0 saturated heterocycles. The standard InChI is InChI=1S/C19H33N5OS.HI/c1-5-20-17(21-12-14-13-26-18(22-14)24(3)4)23-15-11-16(25-6-2)19(15)9-7-8-10-19;/h13,15-16H,5-12H2,1-4H3,(H2,20,21,23);1H. The van der Waals surface area contributed by atoms with E-state index < -0.39 is 0 Å². The van der Waals surface area contributed by atoms with Crippen LogP contribution in [0.5, 0.6) is 0 Å². The van der Waals surface area contributed by atoms with Crippen LogP contribution in [-0.4, -0.2) is 50.3 Å². The molecule has 2 fully saturated rings. The average Bonchev–Trinajstić information content (AvgIpc) is 3.29. The van der Waals surface area contributed by atoms with Crippen molar-refractivity contribution >= 4 is 46.4 Å². The summed E-state index contributed by atoms with van der Waals surface area (Å²) in [4.78, 5) is 11.4. The van der Waals surface area contributed by atoms with Crippen molar-refractivity contribution in [3.05, 3.63) is 11.1 Å². The van der Waals surface area contributed by atoms with E-state index in [1.54, 1.807) is 11.3 Å². The minimum atomic E-state index is 0. The van der Waals surface area contributed by atoms with Crippen LogP contribution >= 0.6 is 35.3 Å². The summed E-state index contributed by atoms with van der Waals surface area (Å²) in [5.41, 5.74) is 1.33. The lowest BCUT2D eigenvalue weighted by Crippen LogP contribution is -2.65. The first-order valence-electron chi connectivity index (χ1n) is 9.87. The zero-order valence-electron chi connectivity index (χ0n) is 17.0. The van der Waals surface area contributed by atoms with Gasteiger partial charge in [-0.1, -0.05) is 12.8 Å². The van der Waals surface area contributed by atoms with Crippen molar-refractivity contribution in [2.45, 2.75) is 64.6 Å². The van der Waals surface area contributed by atoms with Crippen molar-refractivity contribution in [2.24, 2.45) is 10.4 Å². The van der Waals surface area contributed by atoms with Crippen molar-refractivity contribution in [1.29, 1.82) is 0 Å². The van der Waals surface area contributed by atoms with E-state index >= 15 is 0 Å². The van der Waals surface area contributed by atoms with E-state index in [1.165, 1.54) is 25.7 Å². The van der Waals surface area contributed by atoms with Gasteiger partial charge in [0, 0.05) is 44.1 Å². The number of hydrogen-bond acceptors (Lipinski definition) is 5. The second-order valence-corrected chi connectivity index (χ2v) is 8.36. The van der Waals surface area contributed by atoms with Gasteiger partial charge in [0.15, 0.2) is 11.1 Å². The van der Waals surface area contributed by atoms with Gasteiger partial charge in [0.25, 0.3) is 0 Å². The minimum absolute atomic E-state index is 0. The number of aromatic nitrogens is 1. The van der Waals surface area contributed by atoms with E-state index in [4.69, 9.17) is 9.73 Å². The molecule has 2 aliphatic rings. The highest BCUT2D eigenvalue weighted by Gasteiger charge is 2.56. The van der Waals surface area contributed by atoms with Gasteiger partial charge in [-0.3, -0.25) is 0 Å². The van der Waals surface area contributed by atoms with Crippen molar-refractivity contribution in [2.75, 3.05) is 32.1 Å². The lowest BCUT2D eigenvalue weighted by atomic mass is 9.60. The molecule has 0 bridgehead atoms. The van der Waals surface area contributed by atoms with Gasteiger partial charge >= 0.3 is 0 Å². The third-order valence-corrected chi connectivity index (χ3v) is 6.72. The van der Waals surface area contributed by atoms with E-state index in [2.05, 4.69) is 34.8 Å². The zero-order chi connectivity index (χ0) is 18.6. The third-order valence-electron chi connectivity index (χ3n) is 5.66. The van der Waals surface area contributed by atoms with Gasteiger partial charge < -0.3 is 20.3 Å². The first kappa shape index (κ1) is 22.7. The van der Waals surface area contributed by atoms with E-state index in [9.17, 15) is 0 Å². The molecule has 2 aliphatic carbocycles. The minimum Gasteiger partial charge on any atom is -0.378 e. The van der Waals surface area contributed by atoms with Crippen LogP contribution in [0.25, 0.3) is 0 Å². The second-order valence-electron chi connectivity index (χ2n) is 7.53. The summed E-state index contributed by atoms with van der Waals surface area (Å²) in [6.45, 7) is 6.49. The molecule has 1 aromatic heterocycles. The van der Waals surface area contributed by atoms with E-state index in [-0.39, 0.29) is 24.0 Å². The number of halogens is 1. The molecule has 6 nitrogen and oxygen atoms in total. The van der Waals surface area contributed by atoms with Crippen LogP contribution in [-0.2, 0) is 11.3 Å². The molecule has 2 saturated carbocycles. The highest BCUT2D eigenvalue weighted by Crippen LogP contribution is 2.54. The third kappa shape index (κ3) is 5.06. The molecule has 8 heteroatoms. The van der Waals surface area contributed by atoms with Crippen LogP contribution < -0.4 is 15.5 Å². The van der Waals surface area contributed by atoms with Crippen molar-refractivity contribution < 1.29 is 4.74 Å². The molecular formula is C19H34IN5OS. The van der Waals surface area contributed by atoms with Gasteiger partial charge in [-0.15, -0.1) is 35.3 Å². The molecule has 0 aliphatic heterocycles. The summed E-state index contributed by atoms with van der Waals surface area (Å²) in [7, 11) is 4.04. The summed E-state index contributed by atoms with van der Waals surface area (Å²) in [5.74, 6) is 0.901. The normalized spacial score (nSPS) is 23.6. The van der Waals surface area contributed by atoms with Crippen LogP contribution in [0.4, 0.5) is 5.13 Å². The molecule has 1 heterocycles. The Hall–Kier alpha value is -0.610. The van der Waals surface area contributed by atoms with Gasteiger partial charge in [0.05, 0.1) is 18.3 Å². The molecule has 27 heavy (non-hydrogen) atoms. The molecule has 0 amide bonds. The Kier molecular flexibility index (Phi) is 8.61. The molecule has 0 radical (unpaired) electrons. The molecule has 0 aromatic carbocycles. The maximum Gasteiger partial charge on any atom is 0.191 e. The van der Waals surface area contributed by atoms with Crippen LogP contribution in [0.2, 0.25) is 0 Å². The number of rotatable bonds is 7. The molecule has 1 aromatic rings. The first-order valence-corrected chi connectivity index (χ1v) is 10.7. The van der Waals surface area contributed by atoms with E-state index in [0.717, 1.165) is 36.4 Å². The molecule has 1 spiro atoms. The Morgan fingerprint density at radius 2 is 2.11 bits per heavy atom. The number of nitrogens with zero attached hydrogens (tertiary/aromatic N) is 3. The van der Waals surface area contributed by atoms with Crippen LogP contribution in [0.3, 0.4) is 0 Å². The molecule has 2 unspecified atom stereocenters. The number of thiazole rings is 1. The lowest BCUT2D eigenvalue weighted by molar-refractivity contribution is -0.125. The average molecular weight is 507 g/mol. The predicted octanol–water partition coefficient (Wildman–Crippen LogP) is 3.62. The quantitative estimate of drug-likeness (QED) is 0.336. The number of nitrogens with one attached hydrogen (secondary N) is 2. The second kappa shape index (κ2) is 10.2. The summed E-state index contributed by atoms with van der Waals surface area (Å²) in [6, 6.07) is 0.465. The van der Waals surface area contributed by atoms with Gasteiger partial charge in [-0.05, 0) is 33.1 Å². The molecule has 2 N–H and O–H groups in total. The first-order chi connectivity index (χ1) is 12.6. The fourth-order valence-electron chi connectivity index (χ4n) is 4.31. The fourth-order valence-corrected chi connectivity index (χ4v) is 5.06. The molecular weight excluding hydrogens is 473 g/mol. The number of guanidine groups is 1. The maximum atomic E-state index is 6.03. The van der Waals surface area contributed by atoms with Crippen molar-refractivity contribution in [1.82, 2.24) is 15.6 Å². The summed E-state index contributed by atoms with van der Waals surface area (Å²) >= 11 is 1.66. The molecule has 3 rings (SSSR count). The Labute approximate surface area is 184 Å². The van der Waals surface area contributed by atoms with Crippen LogP contribution in [0, 0.1) is 5.41 Å². The Morgan fingerprint density at radius 1 is 1.37 bits per heavy atom. The predicted molar refractivity (Wildman–Crippen MR) is 125 cm³/mol. The van der Waals surface area contributed by atoms with Gasteiger partial charge in [-0.25, -0.2) is 9.98 Å². The smallest absolute Gasteiger partial charge is 0.191 e. The highest BCUT2D eigenvalue weighted by molar-refractivity contribution is 14.0. The summed E-state index contributed by atoms with van der Waals surface area (Å²) in [6.07, 6.45) is 6.68. The summed E-state index contributed by atoms with van der Waals surface area (Å²) in [5, 5.41) is 10.2. The maximum absolute atomic E-state index is 6.03. The Morgan fingerprint density at radius 3 is 2.70 bits per heavy atom. The number of ether oxygens (including phenoxy) is 1. The monoisotopic (exact) mass is 507 g/mol. The van der Waals surface area contributed by atoms with Crippen LogP contribution in [0.15, 0.2) is 10.4 Å². The van der Waals surface area contributed by atoms with E-state index in [1.807, 2.05) is 19.0 Å². The zero-order valence-corrected chi connectivity index (χ0v) is 20.1. The number of aliphatic imine (C=N–C) groups is 1. The van der Waals surface area contributed by atoms with Crippen LogP contribution in [0.1, 0.15) is 51.6 Å². The van der Waals surface area contributed by atoms with Crippen molar-refractivity contribution in [3.8, 4) is 0 Å². The van der Waals surface area contributed by atoms with Gasteiger partial charge in [0.2, 0.25) is 0 Å². The fraction of sp³-hybridized carbons (Fsp3) is 0.789. The number of anilines is 1. The van der Waals surface area contributed by atoms with Gasteiger partial charge in [0.1, 0.15) is 0 Å².